The van der Waals surface area contributed by atoms with E-state index in [-0.39, 0.29) is 6.04 Å². The molecule has 0 spiro atoms. The molecule has 1 saturated heterocycles. The minimum Gasteiger partial charge on any atom is -0.349 e. The van der Waals surface area contributed by atoms with Crippen LogP contribution in [0.3, 0.4) is 0 Å². The van der Waals surface area contributed by atoms with Gasteiger partial charge in [-0.2, -0.15) is 4.68 Å². The smallest absolute Gasteiger partial charge is 0.248 e. The molecule has 7 nitrogen and oxygen atoms in total. The van der Waals surface area contributed by atoms with Gasteiger partial charge in [-0.05, 0) is 43.5 Å². The van der Waals surface area contributed by atoms with Crippen molar-refractivity contribution >= 4 is 5.95 Å². The van der Waals surface area contributed by atoms with Crippen molar-refractivity contribution in [1.29, 1.82) is 0 Å². The average molecular weight is 315 g/mol. The van der Waals surface area contributed by atoms with Crippen LogP contribution in [-0.2, 0) is 0 Å². The fourth-order valence-electron chi connectivity index (χ4n) is 2.82. The Morgan fingerprint density at radius 1 is 1.13 bits per heavy atom. The van der Waals surface area contributed by atoms with E-state index < -0.39 is 0 Å². The lowest BCUT2D eigenvalue weighted by Crippen LogP contribution is -2.47. The number of anilines is 1. The van der Waals surface area contributed by atoms with Crippen LogP contribution in [0.5, 0.6) is 0 Å². The van der Waals surface area contributed by atoms with Crippen LogP contribution in [0, 0.1) is 6.92 Å². The molecule has 1 unspecified atom stereocenters. The van der Waals surface area contributed by atoms with E-state index >= 15 is 0 Å². The van der Waals surface area contributed by atoms with Crippen LogP contribution in [0.15, 0.2) is 24.3 Å². The molecule has 7 heteroatoms. The van der Waals surface area contributed by atoms with Gasteiger partial charge in [-0.25, -0.2) is 0 Å². The van der Waals surface area contributed by atoms with Gasteiger partial charge in [0.05, 0.1) is 5.69 Å². The molecule has 0 saturated carbocycles. The Morgan fingerprint density at radius 3 is 2.52 bits per heavy atom. The highest BCUT2D eigenvalue weighted by atomic mass is 15.6. The van der Waals surface area contributed by atoms with E-state index in [1.165, 1.54) is 5.56 Å². The third-order valence-electron chi connectivity index (χ3n) is 4.25. The van der Waals surface area contributed by atoms with Crippen molar-refractivity contribution in [2.45, 2.75) is 19.9 Å². The number of tetrazole rings is 1. The van der Waals surface area contributed by atoms with Gasteiger partial charge in [-0.15, -0.1) is 0 Å². The number of piperazine rings is 1. The zero-order valence-electron chi connectivity index (χ0n) is 14.1. The maximum atomic E-state index is 4.12. The summed E-state index contributed by atoms with van der Waals surface area (Å²) >= 11 is 0. The van der Waals surface area contributed by atoms with Gasteiger partial charge in [0.1, 0.15) is 0 Å². The third-order valence-corrected chi connectivity index (χ3v) is 4.25. The van der Waals surface area contributed by atoms with Gasteiger partial charge in [0.15, 0.2) is 0 Å². The first kappa shape index (κ1) is 15.9. The van der Waals surface area contributed by atoms with Gasteiger partial charge in [-0.3, -0.25) is 4.90 Å². The molecule has 0 bridgehead atoms. The van der Waals surface area contributed by atoms with Gasteiger partial charge in [0.25, 0.3) is 0 Å². The van der Waals surface area contributed by atoms with Gasteiger partial charge in [0.2, 0.25) is 5.95 Å². The molecule has 2 aromatic rings. The maximum Gasteiger partial charge on any atom is 0.248 e. The number of aryl methyl sites for hydroxylation is 1. The number of rotatable bonds is 5. The van der Waals surface area contributed by atoms with Crippen LogP contribution < -0.4 is 5.32 Å². The summed E-state index contributed by atoms with van der Waals surface area (Å²) in [4.78, 5) is 4.85. The number of hydrogen-bond donors (Lipinski definition) is 1. The van der Waals surface area contributed by atoms with Crippen LogP contribution in [0.1, 0.15) is 12.5 Å². The van der Waals surface area contributed by atoms with Crippen molar-refractivity contribution in [3.05, 3.63) is 29.8 Å². The van der Waals surface area contributed by atoms with Crippen molar-refractivity contribution in [3.63, 3.8) is 0 Å². The number of benzene rings is 1. The molecule has 2 heterocycles. The monoisotopic (exact) mass is 315 g/mol. The first-order chi connectivity index (χ1) is 11.1. The van der Waals surface area contributed by atoms with Crippen molar-refractivity contribution in [1.82, 2.24) is 30.0 Å². The van der Waals surface area contributed by atoms with Crippen LogP contribution in [-0.4, -0.2) is 75.8 Å². The predicted octanol–water partition coefficient (Wildman–Crippen LogP) is 1.02. The highest BCUT2D eigenvalue weighted by Gasteiger charge is 2.17. The summed E-state index contributed by atoms with van der Waals surface area (Å²) in [5.74, 6) is 0.690. The predicted molar refractivity (Wildman–Crippen MR) is 90.9 cm³/mol. The summed E-state index contributed by atoms with van der Waals surface area (Å²) in [5.41, 5.74) is 2.19. The van der Waals surface area contributed by atoms with Crippen molar-refractivity contribution < 1.29 is 0 Å². The quantitative estimate of drug-likeness (QED) is 0.889. The summed E-state index contributed by atoms with van der Waals surface area (Å²) in [7, 11) is 2.18. The normalized spacial score (nSPS) is 18.0. The molecule has 1 aliphatic heterocycles. The summed E-state index contributed by atoms with van der Waals surface area (Å²) in [5, 5.41) is 15.5. The summed E-state index contributed by atoms with van der Waals surface area (Å²) in [6, 6.07) is 8.47. The molecule has 124 valence electrons. The lowest BCUT2D eigenvalue weighted by Gasteiger charge is -2.34. The molecule has 1 atom stereocenters. The van der Waals surface area contributed by atoms with Crippen molar-refractivity contribution in [2.75, 3.05) is 45.1 Å². The van der Waals surface area contributed by atoms with Crippen LogP contribution in [0.25, 0.3) is 5.69 Å². The molecular weight excluding hydrogens is 290 g/mol. The van der Waals surface area contributed by atoms with Gasteiger partial charge >= 0.3 is 0 Å². The second kappa shape index (κ2) is 7.06. The summed E-state index contributed by atoms with van der Waals surface area (Å²) in [6.45, 7) is 9.74. The molecule has 23 heavy (non-hydrogen) atoms. The number of nitrogens with one attached hydrogen (secondary N) is 1. The molecule has 1 N–H and O–H groups in total. The lowest BCUT2D eigenvalue weighted by molar-refractivity contribution is 0.151. The topological polar surface area (TPSA) is 62.1 Å². The zero-order valence-corrected chi connectivity index (χ0v) is 14.1. The fraction of sp³-hybridized carbons (Fsp3) is 0.562. The van der Waals surface area contributed by atoms with E-state index in [4.69, 9.17) is 0 Å². The summed E-state index contributed by atoms with van der Waals surface area (Å²) in [6.07, 6.45) is 0. The minimum absolute atomic E-state index is 0.286. The Hall–Kier alpha value is -1.99. The average Bonchev–Trinajstić information content (AvgIpc) is 2.98. The Balaban J connectivity index is 1.62. The molecule has 1 aromatic heterocycles. The molecule has 1 aliphatic rings. The van der Waals surface area contributed by atoms with Gasteiger partial charge in [-0.1, -0.05) is 22.8 Å². The van der Waals surface area contributed by atoms with E-state index in [9.17, 15) is 0 Å². The van der Waals surface area contributed by atoms with Crippen molar-refractivity contribution in [3.8, 4) is 5.69 Å². The Morgan fingerprint density at radius 2 is 1.83 bits per heavy atom. The third kappa shape index (κ3) is 4.05. The maximum absolute atomic E-state index is 4.12. The molecule has 1 aromatic carbocycles. The first-order valence-electron chi connectivity index (χ1n) is 8.14. The SMILES string of the molecule is Cc1ccc(-n2nnnc2NC(C)CN2CCN(C)CC2)cc1. The molecule has 0 amide bonds. The first-order valence-corrected chi connectivity index (χ1v) is 8.14. The number of likely N-dealkylation sites (N-methyl/N-ethyl adjacent to an activating group) is 1. The van der Waals surface area contributed by atoms with E-state index in [0.717, 1.165) is 38.4 Å². The zero-order chi connectivity index (χ0) is 16.2. The summed E-state index contributed by atoms with van der Waals surface area (Å²) < 4.78 is 1.75. The van der Waals surface area contributed by atoms with E-state index in [1.807, 2.05) is 12.1 Å². The van der Waals surface area contributed by atoms with Crippen LogP contribution >= 0.6 is 0 Å². The second-order valence-electron chi connectivity index (χ2n) is 6.40. The molecule has 3 rings (SSSR count). The standard InChI is InChI=1S/C16H25N7/c1-13-4-6-15(7-5-13)23-16(18-19-20-23)17-14(2)12-22-10-8-21(3)9-11-22/h4-7,14H,8-12H2,1-3H3,(H,17,18,20). The Kier molecular flexibility index (Phi) is 4.88. The van der Waals surface area contributed by atoms with Crippen molar-refractivity contribution in [2.24, 2.45) is 0 Å². The molecule has 0 radical (unpaired) electrons. The number of aromatic nitrogens is 4. The van der Waals surface area contributed by atoms with E-state index in [0.29, 0.717) is 5.95 Å². The van der Waals surface area contributed by atoms with Crippen LogP contribution in [0.2, 0.25) is 0 Å². The van der Waals surface area contributed by atoms with Gasteiger partial charge in [0, 0.05) is 38.8 Å². The van der Waals surface area contributed by atoms with Crippen LogP contribution in [0.4, 0.5) is 5.95 Å². The molecular formula is C16H25N7. The molecule has 0 aliphatic carbocycles. The lowest BCUT2D eigenvalue weighted by atomic mass is 10.2. The number of nitrogens with zero attached hydrogens (tertiary/aromatic N) is 6. The Bertz CT molecular complexity index is 614. The fourth-order valence-corrected chi connectivity index (χ4v) is 2.82. The highest BCUT2D eigenvalue weighted by Crippen LogP contribution is 2.13. The van der Waals surface area contributed by atoms with Gasteiger partial charge < -0.3 is 10.2 Å². The largest absolute Gasteiger partial charge is 0.349 e. The Labute approximate surface area is 137 Å². The second-order valence-corrected chi connectivity index (χ2v) is 6.40. The molecule has 1 fully saturated rings. The van der Waals surface area contributed by atoms with E-state index in [2.05, 4.69) is 63.7 Å². The number of hydrogen-bond acceptors (Lipinski definition) is 6. The highest BCUT2D eigenvalue weighted by molar-refractivity contribution is 5.40. The minimum atomic E-state index is 0.286. The van der Waals surface area contributed by atoms with E-state index in [1.54, 1.807) is 4.68 Å².